The van der Waals surface area contributed by atoms with Crippen molar-refractivity contribution in [3.05, 3.63) is 53.6 Å². The molecule has 1 N–H and O–H groups in total. The number of carbonyl (C=O) groups is 1. The van der Waals surface area contributed by atoms with Crippen LogP contribution in [0.1, 0.15) is 18.1 Å². The summed E-state index contributed by atoms with van der Waals surface area (Å²) in [7, 11) is -2.21. The number of sulfonamides is 1. The minimum absolute atomic E-state index is 0.220. The van der Waals surface area contributed by atoms with Gasteiger partial charge in [0, 0.05) is 7.05 Å². The van der Waals surface area contributed by atoms with Crippen LogP contribution in [0.2, 0.25) is 0 Å². The molecule has 0 aromatic heterocycles. The summed E-state index contributed by atoms with van der Waals surface area (Å²) >= 11 is 0. The van der Waals surface area contributed by atoms with Crippen LogP contribution in [0.3, 0.4) is 0 Å². The highest BCUT2D eigenvalue weighted by atomic mass is 32.2. The molecule has 25 heavy (non-hydrogen) atoms. The maximum Gasteiger partial charge on any atom is 0.344 e. The summed E-state index contributed by atoms with van der Waals surface area (Å²) in [6.45, 7) is 5.21. The fourth-order valence-electron chi connectivity index (χ4n) is 2.16. The average molecular weight is 363 g/mol. The van der Waals surface area contributed by atoms with Crippen molar-refractivity contribution in [2.45, 2.75) is 31.8 Å². The first-order chi connectivity index (χ1) is 11.6. The third-order valence-corrected chi connectivity index (χ3v) is 5.78. The minimum Gasteiger partial charge on any atom is -0.479 e. The highest BCUT2D eigenvalue weighted by molar-refractivity contribution is 7.92. The lowest BCUT2D eigenvalue weighted by Crippen LogP contribution is -2.26. The summed E-state index contributed by atoms with van der Waals surface area (Å²) in [6.07, 6.45) is -0.983. The molecule has 134 valence electrons. The van der Waals surface area contributed by atoms with Crippen molar-refractivity contribution in [1.82, 2.24) is 0 Å². The zero-order valence-electron chi connectivity index (χ0n) is 14.6. The monoisotopic (exact) mass is 363 g/mol. The zero-order chi connectivity index (χ0) is 18.8. The SMILES string of the molecule is Cc1ccc(S(=O)(=O)N(C)c2ccc(OC(C)C(=O)O)cc2)cc1C. The van der Waals surface area contributed by atoms with Crippen molar-refractivity contribution < 1.29 is 23.1 Å². The van der Waals surface area contributed by atoms with E-state index in [4.69, 9.17) is 9.84 Å². The molecule has 0 aliphatic heterocycles. The molecule has 0 fully saturated rings. The topological polar surface area (TPSA) is 83.9 Å². The van der Waals surface area contributed by atoms with Gasteiger partial charge in [0.25, 0.3) is 10.0 Å². The highest BCUT2D eigenvalue weighted by Gasteiger charge is 2.22. The van der Waals surface area contributed by atoms with Crippen LogP contribution in [0.5, 0.6) is 5.75 Å². The fraction of sp³-hybridized carbons (Fsp3) is 0.278. The molecule has 0 radical (unpaired) electrons. The predicted octanol–water partition coefficient (Wildman–Crippen LogP) is 2.98. The quantitative estimate of drug-likeness (QED) is 0.853. The summed E-state index contributed by atoms with van der Waals surface area (Å²) in [5.41, 5.74) is 2.38. The number of aliphatic carboxylic acids is 1. The summed E-state index contributed by atoms with van der Waals surface area (Å²) in [5, 5.41) is 8.85. The Labute approximate surface area is 147 Å². The number of carboxylic acids is 1. The van der Waals surface area contributed by atoms with Gasteiger partial charge in [0.15, 0.2) is 6.10 Å². The van der Waals surface area contributed by atoms with E-state index in [-0.39, 0.29) is 4.90 Å². The van der Waals surface area contributed by atoms with Gasteiger partial charge in [0.2, 0.25) is 0 Å². The number of nitrogens with zero attached hydrogens (tertiary/aromatic N) is 1. The van der Waals surface area contributed by atoms with E-state index in [2.05, 4.69) is 0 Å². The molecule has 0 spiro atoms. The first-order valence-corrected chi connectivity index (χ1v) is 9.12. The Morgan fingerprint density at radius 1 is 1.08 bits per heavy atom. The Bertz CT molecular complexity index is 875. The number of hydrogen-bond donors (Lipinski definition) is 1. The molecular weight excluding hydrogens is 342 g/mol. The van der Waals surface area contributed by atoms with Crippen molar-refractivity contribution in [1.29, 1.82) is 0 Å². The van der Waals surface area contributed by atoms with Gasteiger partial charge in [0.1, 0.15) is 5.75 Å². The van der Waals surface area contributed by atoms with Crippen molar-refractivity contribution in [3.63, 3.8) is 0 Å². The van der Waals surface area contributed by atoms with E-state index in [0.29, 0.717) is 11.4 Å². The molecular formula is C18H21NO5S. The van der Waals surface area contributed by atoms with Gasteiger partial charge in [0.05, 0.1) is 10.6 Å². The van der Waals surface area contributed by atoms with Crippen LogP contribution in [0.15, 0.2) is 47.4 Å². The van der Waals surface area contributed by atoms with Gasteiger partial charge in [-0.15, -0.1) is 0 Å². The van der Waals surface area contributed by atoms with Crippen LogP contribution in [0.25, 0.3) is 0 Å². The largest absolute Gasteiger partial charge is 0.479 e. The second kappa shape index (κ2) is 7.14. The minimum atomic E-state index is -3.68. The molecule has 0 saturated heterocycles. The number of hydrogen-bond acceptors (Lipinski definition) is 4. The molecule has 0 amide bonds. The molecule has 1 atom stereocenters. The van der Waals surface area contributed by atoms with Crippen molar-refractivity contribution in [2.24, 2.45) is 0 Å². The molecule has 7 heteroatoms. The van der Waals surface area contributed by atoms with Gasteiger partial charge in [-0.3, -0.25) is 4.31 Å². The average Bonchev–Trinajstić information content (AvgIpc) is 2.57. The summed E-state index contributed by atoms with van der Waals surface area (Å²) in [5.74, 6) is -0.714. The maximum absolute atomic E-state index is 12.8. The number of rotatable bonds is 6. The number of carboxylic acid groups (broad SMARTS) is 1. The zero-order valence-corrected chi connectivity index (χ0v) is 15.4. The summed E-state index contributed by atoms with van der Waals surface area (Å²) in [6, 6.07) is 11.2. The van der Waals surface area contributed by atoms with Crippen LogP contribution >= 0.6 is 0 Å². The van der Waals surface area contributed by atoms with Crippen LogP contribution in [-0.2, 0) is 14.8 Å². The van der Waals surface area contributed by atoms with Crippen LogP contribution in [-0.4, -0.2) is 32.6 Å². The highest BCUT2D eigenvalue weighted by Crippen LogP contribution is 2.25. The molecule has 6 nitrogen and oxygen atoms in total. The van der Waals surface area contributed by atoms with Crippen LogP contribution < -0.4 is 9.04 Å². The van der Waals surface area contributed by atoms with E-state index in [0.717, 1.165) is 11.1 Å². The van der Waals surface area contributed by atoms with Crippen molar-refractivity contribution in [3.8, 4) is 5.75 Å². The van der Waals surface area contributed by atoms with Crippen LogP contribution in [0, 0.1) is 13.8 Å². The first-order valence-electron chi connectivity index (χ1n) is 7.68. The number of aryl methyl sites for hydroxylation is 2. The molecule has 0 saturated carbocycles. The Balaban J connectivity index is 2.25. The molecule has 2 aromatic carbocycles. The second-order valence-electron chi connectivity index (χ2n) is 5.81. The normalized spacial score (nSPS) is 12.5. The second-order valence-corrected chi connectivity index (χ2v) is 7.78. The lowest BCUT2D eigenvalue weighted by Gasteiger charge is -2.20. The lowest BCUT2D eigenvalue weighted by atomic mass is 10.1. The number of ether oxygens (including phenoxy) is 1. The van der Waals surface area contributed by atoms with Gasteiger partial charge in [-0.1, -0.05) is 6.07 Å². The number of benzene rings is 2. The van der Waals surface area contributed by atoms with Gasteiger partial charge < -0.3 is 9.84 Å². The Morgan fingerprint density at radius 2 is 1.68 bits per heavy atom. The molecule has 2 aromatic rings. The molecule has 0 heterocycles. The Morgan fingerprint density at radius 3 is 2.20 bits per heavy atom. The van der Waals surface area contributed by atoms with E-state index in [1.807, 2.05) is 13.8 Å². The van der Waals surface area contributed by atoms with E-state index < -0.39 is 22.1 Å². The molecule has 0 aliphatic carbocycles. The summed E-state index contributed by atoms with van der Waals surface area (Å²) < 4.78 is 32.0. The standard InChI is InChI=1S/C18H21NO5S/c1-12-5-10-17(11-13(12)2)25(22,23)19(4)15-6-8-16(9-7-15)24-14(3)18(20)21/h5-11,14H,1-4H3,(H,20,21). The molecule has 0 aliphatic rings. The fourth-order valence-corrected chi connectivity index (χ4v) is 3.44. The van der Waals surface area contributed by atoms with Gasteiger partial charge >= 0.3 is 5.97 Å². The first kappa shape index (κ1) is 18.8. The number of anilines is 1. The van der Waals surface area contributed by atoms with Crippen LogP contribution in [0.4, 0.5) is 5.69 Å². The van der Waals surface area contributed by atoms with E-state index in [1.54, 1.807) is 42.5 Å². The van der Waals surface area contributed by atoms with Crippen molar-refractivity contribution in [2.75, 3.05) is 11.4 Å². The molecule has 0 bridgehead atoms. The maximum atomic E-state index is 12.8. The van der Waals surface area contributed by atoms with Gasteiger partial charge in [-0.05, 0) is 68.3 Å². The van der Waals surface area contributed by atoms with E-state index in [9.17, 15) is 13.2 Å². The Hall–Kier alpha value is -2.54. The third kappa shape index (κ3) is 4.11. The van der Waals surface area contributed by atoms with Gasteiger partial charge in [-0.2, -0.15) is 0 Å². The molecule has 1 unspecified atom stereocenters. The van der Waals surface area contributed by atoms with Gasteiger partial charge in [-0.25, -0.2) is 13.2 Å². The van der Waals surface area contributed by atoms with E-state index in [1.165, 1.54) is 18.3 Å². The molecule has 2 rings (SSSR count). The Kier molecular flexibility index (Phi) is 5.37. The predicted molar refractivity (Wildman–Crippen MR) is 95.7 cm³/mol. The lowest BCUT2D eigenvalue weighted by molar-refractivity contribution is -0.144. The third-order valence-electron chi connectivity index (χ3n) is 4.00. The smallest absolute Gasteiger partial charge is 0.344 e. The summed E-state index contributed by atoms with van der Waals surface area (Å²) in [4.78, 5) is 11.0. The van der Waals surface area contributed by atoms with E-state index >= 15 is 0 Å². The van der Waals surface area contributed by atoms with Crippen molar-refractivity contribution >= 4 is 21.7 Å².